The maximum Gasteiger partial charge on any atom is 0.255 e. The van der Waals surface area contributed by atoms with Crippen LogP contribution < -0.4 is 0 Å². The molecule has 1 saturated carbocycles. The zero-order chi connectivity index (χ0) is 18.1. The van der Waals surface area contributed by atoms with Crippen molar-refractivity contribution in [2.24, 2.45) is 0 Å². The number of amides is 1. The molecule has 0 radical (unpaired) electrons. The highest BCUT2D eigenvalue weighted by Gasteiger charge is 2.38. The summed E-state index contributed by atoms with van der Waals surface area (Å²) in [6, 6.07) is 12.2. The first-order valence-corrected chi connectivity index (χ1v) is 9.45. The Morgan fingerprint density at radius 1 is 1.31 bits per heavy atom. The van der Waals surface area contributed by atoms with E-state index in [0.29, 0.717) is 25.4 Å². The molecule has 1 atom stereocenters. The van der Waals surface area contributed by atoms with Crippen LogP contribution in [0.15, 0.2) is 42.6 Å². The molecule has 1 aliphatic heterocycles. The van der Waals surface area contributed by atoms with Crippen LogP contribution >= 0.6 is 0 Å². The van der Waals surface area contributed by atoms with E-state index in [1.807, 2.05) is 30.5 Å². The summed E-state index contributed by atoms with van der Waals surface area (Å²) in [4.78, 5) is 20.0. The molecule has 4 rings (SSSR count). The van der Waals surface area contributed by atoms with Gasteiger partial charge in [0.1, 0.15) is 0 Å². The SMILES string of the molecule is CN(CC1(O)CCN(Cc2ccccc2)C1)C(=O)c1cc[nH]c1C1CC1. The Labute approximate surface area is 154 Å². The molecule has 1 saturated heterocycles. The Balaban J connectivity index is 1.37. The normalized spacial score (nSPS) is 23.3. The second kappa shape index (κ2) is 6.89. The minimum atomic E-state index is -0.838. The van der Waals surface area contributed by atoms with Gasteiger partial charge in [0, 0.05) is 38.6 Å². The highest BCUT2D eigenvalue weighted by molar-refractivity contribution is 5.95. The van der Waals surface area contributed by atoms with Crippen LogP contribution in [-0.2, 0) is 6.54 Å². The summed E-state index contributed by atoms with van der Waals surface area (Å²) in [7, 11) is 1.80. The van der Waals surface area contributed by atoms with Crippen LogP contribution in [0.1, 0.15) is 46.8 Å². The first kappa shape index (κ1) is 17.3. The van der Waals surface area contributed by atoms with Crippen molar-refractivity contribution in [2.45, 2.75) is 37.3 Å². The van der Waals surface area contributed by atoms with Gasteiger partial charge in [0.2, 0.25) is 0 Å². The van der Waals surface area contributed by atoms with Crippen molar-refractivity contribution >= 4 is 5.91 Å². The van der Waals surface area contributed by atoms with E-state index in [-0.39, 0.29) is 5.91 Å². The van der Waals surface area contributed by atoms with Crippen molar-refractivity contribution in [1.82, 2.24) is 14.8 Å². The Morgan fingerprint density at radius 2 is 2.08 bits per heavy atom. The largest absolute Gasteiger partial charge is 0.387 e. The number of aromatic nitrogens is 1. The lowest BCUT2D eigenvalue weighted by molar-refractivity contribution is 0.0170. The number of nitrogens with one attached hydrogen (secondary N) is 1. The fourth-order valence-corrected chi connectivity index (χ4v) is 4.04. The van der Waals surface area contributed by atoms with Gasteiger partial charge in [0.25, 0.3) is 5.91 Å². The standard InChI is InChI=1S/C21H27N3O2/c1-23(20(25)18-9-11-22-19(18)17-7-8-17)14-21(26)10-12-24(15-21)13-16-5-3-2-4-6-16/h2-6,9,11,17,22,26H,7-8,10,12-15H2,1H3. The van der Waals surface area contributed by atoms with Crippen LogP contribution in [0.25, 0.3) is 0 Å². The van der Waals surface area contributed by atoms with Crippen molar-refractivity contribution in [3.8, 4) is 0 Å². The van der Waals surface area contributed by atoms with Gasteiger partial charge in [-0.2, -0.15) is 0 Å². The molecule has 1 aromatic heterocycles. The number of likely N-dealkylation sites (N-methyl/N-ethyl adjacent to an activating group) is 1. The van der Waals surface area contributed by atoms with Gasteiger partial charge in [-0.15, -0.1) is 0 Å². The second-order valence-electron chi connectivity index (χ2n) is 7.91. The third-order valence-corrected chi connectivity index (χ3v) is 5.53. The van der Waals surface area contributed by atoms with Gasteiger partial charge in [-0.3, -0.25) is 9.69 Å². The smallest absolute Gasteiger partial charge is 0.255 e. The Hall–Kier alpha value is -2.11. The van der Waals surface area contributed by atoms with Gasteiger partial charge in [-0.1, -0.05) is 30.3 Å². The molecular formula is C21H27N3O2. The first-order chi connectivity index (χ1) is 12.5. The molecule has 1 unspecified atom stereocenters. The van der Waals surface area contributed by atoms with Crippen LogP contribution in [0.5, 0.6) is 0 Å². The summed E-state index contributed by atoms with van der Waals surface area (Å²) >= 11 is 0. The number of benzene rings is 1. The van der Waals surface area contributed by atoms with Crippen LogP contribution in [0, 0.1) is 0 Å². The van der Waals surface area contributed by atoms with E-state index in [9.17, 15) is 9.90 Å². The van der Waals surface area contributed by atoms with E-state index in [1.165, 1.54) is 5.56 Å². The Kier molecular flexibility index (Phi) is 4.59. The lowest BCUT2D eigenvalue weighted by atomic mass is 10.0. The molecule has 2 aliphatic rings. The van der Waals surface area contributed by atoms with Crippen LogP contribution in [0.3, 0.4) is 0 Å². The van der Waals surface area contributed by atoms with E-state index in [1.54, 1.807) is 11.9 Å². The van der Waals surface area contributed by atoms with Gasteiger partial charge in [-0.25, -0.2) is 0 Å². The third kappa shape index (κ3) is 3.69. The van der Waals surface area contributed by atoms with Gasteiger partial charge >= 0.3 is 0 Å². The molecule has 2 fully saturated rings. The predicted octanol–water partition coefficient (Wildman–Crippen LogP) is 2.60. The van der Waals surface area contributed by atoms with Crippen molar-refractivity contribution in [2.75, 3.05) is 26.7 Å². The molecule has 1 aromatic carbocycles. The van der Waals surface area contributed by atoms with Crippen molar-refractivity contribution in [3.63, 3.8) is 0 Å². The number of rotatable bonds is 6. The number of carbonyl (C=O) groups is 1. The van der Waals surface area contributed by atoms with Gasteiger partial charge in [-0.05, 0) is 36.8 Å². The van der Waals surface area contributed by atoms with Crippen LogP contribution in [0.2, 0.25) is 0 Å². The summed E-state index contributed by atoms with van der Waals surface area (Å²) in [5.41, 5.74) is 2.24. The monoisotopic (exact) mass is 353 g/mol. The van der Waals surface area contributed by atoms with Crippen molar-refractivity contribution < 1.29 is 9.90 Å². The quantitative estimate of drug-likeness (QED) is 0.839. The third-order valence-electron chi connectivity index (χ3n) is 5.53. The summed E-state index contributed by atoms with van der Waals surface area (Å²) in [5, 5.41) is 11.0. The zero-order valence-corrected chi connectivity index (χ0v) is 15.3. The summed E-state index contributed by atoms with van der Waals surface area (Å²) in [6.07, 6.45) is 4.85. The maximum atomic E-state index is 12.8. The number of hydrogen-bond acceptors (Lipinski definition) is 3. The number of carbonyl (C=O) groups excluding carboxylic acids is 1. The second-order valence-corrected chi connectivity index (χ2v) is 7.91. The predicted molar refractivity (Wildman–Crippen MR) is 101 cm³/mol. The zero-order valence-electron chi connectivity index (χ0n) is 15.3. The maximum absolute atomic E-state index is 12.8. The molecule has 2 N–H and O–H groups in total. The molecule has 1 amide bonds. The molecule has 5 heteroatoms. The summed E-state index contributed by atoms with van der Waals surface area (Å²) < 4.78 is 0. The van der Waals surface area contributed by atoms with Gasteiger partial charge in [0.15, 0.2) is 0 Å². The number of aromatic amines is 1. The number of H-pyrrole nitrogens is 1. The lowest BCUT2D eigenvalue weighted by Crippen LogP contribution is -2.45. The summed E-state index contributed by atoms with van der Waals surface area (Å²) in [5.74, 6) is 0.511. The Bertz CT molecular complexity index is 769. The molecule has 26 heavy (non-hydrogen) atoms. The lowest BCUT2D eigenvalue weighted by Gasteiger charge is -2.29. The minimum absolute atomic E-state index is 0.00286. The Morgan fingerprint density at radius 3 is 2.81 bits per heavy atom. The van der Waals surface area contributed by atoms with Gasteiger partial charge in [0.05, 0.1) is 17.7 Å². The molecule has 0 spiro atoms. The average molecular weight is 353 g/mol. The van der Waals surface area contributed by atoms with E-state index in [0.717, 1.165) is 37.2 Å². The van der Waals surface area contributed by atoms with E-state index < -0.39 is 5.60 Å². The molecule has 2 heterocycles. The summed E-state index contributed by atoms with van der Waals surface area (Å²) in [6.45, 7) is 2.66. The van der Waals surface area contributed by atoms with Crippen molar-refractivity contribution in [3.05, 3.63) is 59.4 Å². The number of β-amino-alcohol motifs (C(OH)–C–C–N with tert-alkyl or cyclic N) is 1. The van der Waals surface area contributed by atoms with E-state index >= 15 is 0 Å². The number of nitrogens with zero attached hydrogens (tertiary/aromatic N) is 2. The van der Waals surface area contributed by atoms with E-state index in [4.69, 9.17) is 0 Å². The highest BCUT2D eigenvalue weighted by Crippen LogP contribution is 2.41. The molecule has 0 bridgehead atoms. The van der Waals surface area contributed by atoms with Crippen LogP contribution in [-0.4, -0.2) is 58.1 Å². The van der Waals surface area contributed by atoms with Crippen molar-refractivity contribution in [1.29, 1.82) is 0 Å². The molecule has 2 aromatic rings. The van der Waals surface area contributed by atoms with E-state index in [2.05, 4.69) is 22.0 Å². The molecule has 138 valence electrons. The average Bonchev–Trinajstić information content (AvgIpc) is 3.25. The fraction of sp³-hybridized carbons (Fsp3) is 0.476. The molecule has 1 aliphatic carbocycles. The fourth-order valence-electron chi connectivity index (χ4n) is 4.04. The molecule has 5 nitrogen and oxygen atoms in total. The number of likely N-dealkylation sites (tertiary alicyclic amines) is 1. The molecular weight excluding hydrogens is 326 g/mol. The number of aliphatic hydroxyl groups is 1. The first-order valence-electron chi connectivity index (χ1n) is 9.45. The topological polar surface area (TPSA) is 59.6 Å². The van der Waals surface area contributed by atoms with Gasteiger partial charge < -0.3 is 15.0 Å². The minimum Gasteiger partial charge on any atom is -0.387 e. The van der Waals surface area contributed by atoms with Crippen LogP contribution in [0.4, 0.5) is 0 Å². The number of hydrogen-bond donors (Lipinski definition) is 2. The highest BCUT2D eigenvalue weighted by atomic mass is 16.3.